The normalized spacial score (nSPS) is 30.0. The first kappa shape index (κ1) is 16.4. The van der Waals surface area contributed by atoms with Gasteiger partial charge in [0.25, 0.3) is 0 Å². The molecule has 0 unspecified atom stereocenters. The first-order valence-corrected chi connectivity index (χ1v) is 8.47. The molecule has 1 amide bonds. The molecule has 3 rings (SSSR count). The number of ketones is 1. The molecule has 4 nitrogen and oxygen atoms in total. The van der Waals surface area contributed by atoms with Crippen molar-refractivity contribution in [3.63, 3.8) is 0 Å². The minimum Gasteiger partial charge on any atom is -0.339 e. The van der Waals surface area contributed by atoms with Gasteiger partial charge in [0.1, 0.15) is 6.07 Å². The molecule has 4 heteroatoms. The third kappa shape index (κ3) is 2.19. The van der Waals surface area contributed by atoms with Crippen LogP contribution in [-0.2, 0) is 15.0 Å². The lowest BCUT2D eigenvalue weighted by Gasteiger charge is -2.50. The Morgan fingerprint density at radius 1 is 1.25 bits per heavy atom. The van der Waals surface area contributed by atoms with Gasteiger partial charge in [-0.3, -0.25) is 9.59 Å². The van der Waals surface area contributed by atoms with Gasteiger partial charge in [-0.05, 0) is 37.8 Å². The first-order chi connectivity index (χ1) is 11.4. The summed E-state index contributed by atoms with van der Waals surface area (Å²) in [4.78, 5) is 27.9. The van der Waals surface area contributed by atoms with Crippen molar-refractivity contribution in [2.45, 2.75) is 38.6 Å². The van der Waals surface area contributed by atoms with Crippen LogP contribution < -0.4 is 0 Å². The van der Waals surface area contributed by atoms with Crippen LogP contribution in [0, 0.1) is 23.2 Å². The highest BCUT2D eigenvalue weighted by Crippen LogP contribution is 2.49. The Morgan fingerprint density at radius 3 is 2.50 bits per heavy atom. The zero-order chi connectivity index (χ0) is 17.5. The second-order valence-corrected chi connectivity index (χ2v) is 7.05. The monoisotopic (exact) mass is 322 g/mol. The van der Waals surface area contributed by atoms with E-state index in [1.54, 1.807) is 6.08 Å². The number of amides is 1. The Balaban J connectivity index is 2.28. The lowest BCUT2D eigenvalue weighted by atomic mass is 9.57. The molecule has 0 bridgehead atoms. The number of Topliss-reactive ketones (excluding diaryl/α,β-unsaturated/α-hetero) is 1. The highest BCUT2D eigenvalue weighted by atomic mass is 16.2. The van der Waals surface area contributed by atoms with Gasteiger partial charge < -0.3 is 4.90 Å². The van der Waals surface area contributed by atoms with Crippen LogP contribution >= 0.6 is 0 Å². The molecule has 3 atom stereocenters. The second kappa shape index (κ2) is 5.90. The van der Waals surface area contributed by atoms with E-state index in [-0.39, 0.29) is 35.1 Å². The van der Waals surface area contributed by atoms with Crippen LogP contribution in [0.1, 0.15) is 32.8 Å². The number of carbonyl (C=O) groups is 2. The van der Waals surface area contributed by atoms with Crippen LogP contribution in [0.3, 0.4) is 0 Å². The van der Waals surface area contributed by atoms with E-state index >= 15 is 0 Å². The van der Waals surface area contributed by atoms with Gasteiger partial charge in [0.15, 0.2) is 5.78 Å². The van der Waals surface area contributed by atoms with Gasteiger partial charge in [-0.2, -0.15) is 5.26 Å². The summed E-state index contributed by atoms with van der Waals surface area (Å²) in [5, 5.41) is 9.43. The highest BCUT2D eigenvalue weighted by molar-refractivity contribution is 6.06. The van der Waals surface area contributed by atoms with Crippen molar-refractivity contribution in [3.05, 3.63) is 47.5 Å². The predicted molar refractivity (Wildman–Crippen MR) is 90.9 cm³/mol. The number of likely N-dealkylation sites (tertiary alicyclic amines) is 1. The van der Waals surface area contributed by atoms with Gasteiger partial charge in [0, 0.05) is 18.5 Å². The number of rotatable bonds is 2. The Morgan fingerprint density at radius 2 is 1.92 bits per heavy atom. The van der Waals surface area contributed by atoms with E-state index in [1.807, 2.05) is 62.1 Å². The summed E-state index contributed by atoms with van der Waals surface area (Å²) in [5.74, 6) is -0.568. The standard InChI is InChI=1S/C20H22N2O2/c1-13(2)22-10-9-17-14(3)18(23)15(12-21)11-20(17,19(22)24)16-7-5-4-6-8-16/h4-8,11,13-14,17H,9-10H2,1-3H3/t14-,17-,20-/m1/s1. The smallest absolute Gasteiger partial charge is 0.237 e. The van der Waals surface area contributed by atoms with Gasteiger partial charge in [-0.1, -0.05) is 37.3 Å². The summed E-state index contributed by atoms with van der Waals surface area (Å²) in [7, 11) is 0. The Hall–Kier alpha value is -2.41. The average Bonchev–Trinajstić information content (AvgIpc) is 2.59. The number of fused-ring (bicyclic) bond motifs is 1. The summed E-state index contributed by atoms with van der Waals surface area (Å²) < 4.78 is 0. The van der Waals surface area contributed by atoms with Crippen LogP contribution in [0.5, 0.6) is 0 Å². The fourth-order valence-electron chi connectivity index (χ4n) is 4.26. The van der Waals surface area contributed by atoms with Crippen LogP contribution in [0.25, 0.3) is 0 Å². The lowest BCUT2D eigenvalue weighted by molar-refractivity contribution is -0.146. The molecule has 1 aromatic rings. The molecule has 24 heavy (non-hydrogen) atoms. The van der Waals surface area contributed by atoms with Gasteiger partial charge in [0.05, 0.1) is 11.0 Å². The summed E-state index contributed by atoms with van der Waals surface area (Å²) >= 11 is 0. The molecule has 0 N–H and O–H groups in total. The molecular formula is C20H22N2O2. The fraction of sp³-hybridized carbons (Fsp3) is 0.450. The maximum Gasteiger partial charge on any atom is 0.237 e. The topological polar surface area (TPSA) is 61.2 Å². The number of nitrogens with zero attached hydrogens (tertiary/aromatic N) is 2. The molecule has 1 aliphatic carbocycles. The molecule has 0 radical (unpaired) electrons. The molecule has 1 aromatic carbocycles. The van der Waals surface area contributed by atoms with E-state index in [9.17, 15) is 14.9 Å². The van der Waals surface area contributed by atoms with Crippen molar-refractivity contribution < 1.29 is 9.59 Å². The van der Waals surface area contributed by atoms with Crippen molar-refractivity contribution in [2.75, 3.05) is 6.54 Å². The number of hydrogen-bond donors (Lipinski definition) is 0. The number of hydrogen-bond acceptors (Lipinski definition) is 3. The molecule has 1 heterocycles. The molecule has 0 aromatic heterocycles. The number of piperidine rings is 1. The van der Waals surface area contributed by atoms with Gasteiger partial charge >= 0.3 is 0 Å². The van der Waals surface area contributed by atoms with Crippen LogP contribution in [0.15, 0.2) is 42.0 Å². The van der Waals surface area contributed by atoms with Crippen LogP contribution in [-0.4, -0.2) is 29.2 Å². The molecule has 0 spiro atoms. The third-order valence-corrected chi connectivity index (χ3v) is 5.53. The minimum atomic E-state index is -0.915. The first-order valence-electron chi connectivity index (χ1n) is 8.47. The zero-order valence-electron chi connectivity index (χ0n) is 14.3. The Kier molecular flexibility index (Phi) is 4.04. The molecule has 2 aliphatic rings. The number of carbonyl (C=O) groups excluding carboxylic acids is 2. The largest absolute Gasteiger partial charge is 0.339 e. The van der Waals surface area contributed by atoms with Gasteiger partial charge in [0.2, 0.25) is 5.91 Å². The lowest BCUT2D eigenvalue weighted by Crippen LogP contribution is -2.61. The second-order valence-electron chi connectivity index (χ2n) is 7.05. The van der Waals surface area contributed by atoms with Gasteiger partial charge in [-0.25, -0.2) is 0 Å². The molecule has 1 aliphatic heterocycles. The SMILES string of the molecule is CC(C)N1CC[C@@H]2[C@@H](C)C(=O)C(C#N)=C[C@]2(c2ccccc2)C1=O. The molecule has 1 saturated heterocycles. The van der Waals surface area contributed by atoms with Gasteiger partial charge in [-0.15, -0.1) is 0 Å². The molecular weight excluding hydrogens is 300 g/mol. The molecule has 0 saturated carbocycles. The summed E-state index contributed by atoms with van der Waals surface area (Å²) in [6.45, 7) is 6.52. The van der Waals surface area contributed by atoms with Crippen molar-refractivity contribution in [3.8, 4) is 6.07 Å². The summed E-state index contributed by atoms with van der Waals surface area (Å²) in [6.07, 6.45) is 2.41. The van der Waals surface area contributed by atoms with E-state index < -0.39 is 5.41 Å². The third-order valence-electron chi connectivity index (χ3n) is 5.53. The van der Waals surface area contributed by atoms with E-state index in [0.717, 1.165) is 12.0 Å². The fourth-order valence-corrected chi connectivity index (χ4v) is 4.26. The zero-order valence-corrected chi connectivity index (χ0v) is 14.3. The molecule has 1 fully saturated rings. The number of allylic oxidation sites excluding steroid dienone is 1. The Labute approximate surface area is 142 Å². The summed E-state index contributed by atoms with van der Waals surface area (Å²) in [6, 6.07) is 11.7. The Bertz CT molecular complexity index is 745. The van der Waals surface area contributed by atoms with Crippen LogP contribution in [0.2, 0.25) is 0 Å². The van der Waals surface area contributed by atoms with E-state index in [2.05, 4.69) is 0 Å². The summed E-state index contributed by atoms with van der Waals surface area (Å²) in [5.41, 5.74) is 0.0707. The van der Waals surface area contributed by atoms with E-state index in [1.165, 1.54) is 0 Å². The van der Waals surface area contributed by atoms with Crippen LogP contribution in [0.4, 0.5) is 0 Å². The molecule has 124 valence electrons. The average molecular weight is 322 g/mol. The van der Waals surface area contributed by atoms with Crippen molar-refractivity contribution in [1.82, 2.24) is 4.90 Å². The maximum absolute atomic E-state index is 13.5. The minimum absolute atomic E-state index is 0.00653. The van der Waals surface area contributed by atoms with Crippen molar-refractivity contribution >= 4 is 11.7 Å². The maximum atomic E-state index is 13.5. The predicted octanol–water partition coefficient (Wildman–Crippen LogP) is 2.85. The number of benzene rings is 1. The number of nitriles is 1. The highest BCUT2D eigenvalue weighted by Gasteiger charge is 2.56. The van der Waals surface area contributed by atoms with Crippen molar-refractivity contribution in [2.24, 2.45) is 11.8 Å². The van der Waals surface area contributed by atoms with E-state index in [4.69, 9.17) is 0 Å². The van der Waals surface area contributed by atoms with Crippen molar-refractivity contribution in [1.29, 1.82) is 5.26 Å². The van der Waals surface area contributed by atoms with E-state index in [0.29, 0.717) is 6.54 Å². The quantitative estimate of drug-likeness (QED) is 0.841.